The van der Waals surface area contributed by atoms with E-state index in [-0.39, 0.29) is 5.54 Å². The zero-order valence-corrected chi connectivity index (χ0v) is 19.0. The van der Waals surface area contributed by atoms with E-state index in [1.165, 1.54) is 11.1 Å². The SMILES string of the molecule is CC(C)c1ccccc1C1CN(Cc2cc3c(cn2)OCCO3)CCN1C(C)(C)C. The summed E-state index contributed by atoms with van der Waals surface area (Å²) >= 11 is 0. The van der Waals surface area contributed by atoms with Gasteiger partial charge in [0.1, 0.15) is 13.2 Å². The van der Waals surface area contributed by atoms with Crippen LogP contribution in [0.25, 0.3) is 0 Å². The number of nitrogens with zero attached hydrogens (tertiary/aromatic N) is 3. The van der Waals surface area contributed by atoms with E-state index in [9.17, 15) is 0 Å². The Morgan fingerprint density at radius 3 is 2.53 bits per heavy atom. The lowest BCUT2D eigenvalue weighted by molar-refractivity contribution is 0.00511. The molecule has 1 aromatic carbocycles. The predicted molar refractivity (Wildman–Crippen MR) is 120 cm³/mol. The summed E-state index contributed by atoms with van der Waals surface area (Å²) in [5.74, 6) is 2.09. The summed E-state index contributed by atoms with van der Waals surface area (Å²) in [6.45, 7) is 16.7. The van der Waals surface area contributed by atoms with Crippen LogP contribution in [0.4, 0.5) is 0 Å². The number of rotatable bonds is 4. The third-order valence-corrected chi connectivity index (χ3v) is 6.18. The topological polar surface area (TPSA) is 37.8 Å². The molecule has 0 N–H and O–H groups in total. The maximum Gasteiger partial charge on any atom is 0.179 e. The summed E-state index contributed by atoms with van der Waals surface area (Å²) in [7, 11) is 0. The Morgan fingerprint density at radius 1 is 1.07 bits per heavy atom. The average Bonchev–Trinajstić information content (AvgIpc) is 2.73. The Bertz CT molecular complexity index is 875. The molecule has 162 valence electrons. The number of piperazine rings is 1. The summed E-state index contributed by atoms with van der Waals surface area (Å²) in [5, 5.41) is 0. The Labute approximate surface area is 181 Å². The molecule has 0 saturated carbocycles. The molecule has 1 aromatic heterocycles. The first-order valence-electron chi connectivity index (χ1n) is 11.2. The van der Waals surface area contributed by atoms with Crippen molar-refractivity contribution in [3.05, 3.63) is 53.3 Å². The molecule has 5 heteroatoms. The van der Waals surface area contributed by atoms with Crippen molar-refractivity contribution in [2.24, 2.45) is 0 Å². The van der Waals surface area contributed by atoms with E-state index in [1.54, 1.807) is 6.20 Å². The molecule has 4 rings (SSSR count). The van der Waals surface area contributed by atoms with Crippen molar-refractivity contribution < 1.29 is 9.47 Å². The van der Waals surface area contributed by atoms with Gasteiger partial charge in [-0.2, -0.15) is 0 Å². The zero-order valence-electron chi connectivity index (χ0n) is 19.0. The highest BCUT2D eigenvalue weighted by atomic mass is 16.6. The molecular formula is C25H35N3O2. The number of benzene rings is 1. The van der Waals surface area contributed by atoms with Gasteiger partial charge in [0.05, 0.1) is 11.9 Å². The minimum absolute atomic E-state index is 0.121. The zero-order chi connectivity index (χ0) is 21.3. The van der Waals surface area contributed by atoms with Crippen LogP contribution in [-0.4, -0.2) is 53.2 Å². The Kier molecular flexibility index (Phi) is 6.03. The van der Waals surface area contributed by atoms with E-state index in [1.807, 2.05) is 6.07 Å². The summed E-state index contributed by atoms with van der Waals surface area (Å²) in [6, 6.07) is 11.4. The predicted octanol–water partition coefficient (Wildman–Crippen LogP) is 4.63. The van der Waals surface area contributed by atoms with Crippen LogP contribution in [0, 0.1) is 0 Å². The molecule has 5 nitrogen and oxygen atoms in total. The fourth-order valence-corrected chi connectivity index (χ4v) is 4.70. The first-order valence-corrected chi connectivity index (χ1v) is 11.2. The van der Waals surface area contributed by atoms with E-state index in [4.69, 9.17) is 9.47 Å². The number of ether oxygens (including phenoxy) is 2. The number of fused-ring (bicyclic) bond motifs is 1. The molecule has 0 amide bonds. The number of hydrogen-bond donors (Lipinski definition) is 0. The van der Waals surface area contributed by atoms with Crippen LogP contribution in [0.1, 0.15) is 63.4 Å². The third-order valence-electron chi connectivity index (χ3n) is 6.18. The van der Waals surface area contributed by atoms with Crippen LogP contribution in [0.2, 0.25) is 0 Å². The van der Waals surface area contributed by atoms with Gasteiger partial charge in [-0.15, -0.1) is 0 Å². The van der Waals surface area contributed by atoms with Crippen molar-refractivity contribution in [3.63, 3.8) is 0 Å². The van der Waals surface area contributed by atoms with Gasteiger partial charge in [0.2, 0.25) is 0 Å². The van der Waals surface area contributed by atoms with E-state index in [0.29, 0.717) is 25.2 Å². The standard InChI is InChI=1S/C25H35N3O2/c1-18(2)20-8-6-7-9-21(20)22-17-27(10-11-28(22)25(3,4)5)16-19-14-23-24(15-26-19)30-13-12-29-23/h6-9,14-15,18,22H,10-13,16-17H2,1-5H3. The molecule has 0 spiro atoms. The Hall–Kier alpha value is -2.11. The smallest absolute Gasteiger partial charge is 0.179 e. The highest BCUT2D eigenvalue weighted by molar-refractivity contribution is 5.40. The van der Waals surface area contributed by atoms with Gasteiger partial charge >= 0.3 is 0 Å². The van der Waals surface area contributed by atoms with Gasteiger partial charge in [0.15, 0.2) is 11.5 Å². The second-order valence-corrected chi connectivity index (χ2v) is 9.72. The lowest BCUT2D eigenvalue weighted by Gasteiger charge is -2.48. The van der Waals surface area contributed by atoms with Crippen molar-refractivity contribution in [3.8, 4) is 11.5 Å². The Balaban J connectivity index is 1.58. The van der Waals surface area contributed by atoms with Crippen LogP contribution in [0.3, 0.4) is 0 Å². The van der Waals surface area contributed by atoms with Crippen LogP contribution in [-0.2, 0) is 6.54 Å². The summed E-state index contributed by atoms with van der Waals surface area (Å²) in [5.41, 5.74) is 4.08. The van der Waals surface area contributed by atoms with Crippen molar-refractivity contribution in [1.82, 2.24) is 14.8 Å². The molecule has 1 atom stereocenters. The summed E-state index contributed by atoms with van der Waals surface area (Å²) in [4.78, 5) is 9.84. The summed E-state index contributed by atoms with van der Waals surface area (Å²) in [6.07, 6.45) is 1.81. The fraction of sp³-hybridized carbons (Fsp3) is 0.560. The molecule has 2 aliphatic heterocycles. The number of hydrogen-bond acceptors (Lipinski definition) is 5. The average molecular weight is 410 g/mol. The van der Waals surface area contributed by atoms with Crippen LogP contribution in [0.5, 0.6) is 11.5 Å². The molecule has 1 saturated heterocycles. The molecule has 0 bridgehead atoms. The lowest BCUT2D eigenvalue weighted by Crippen LogP contribution is -2.55. The molecule has 2 aromatic rings. The molecule has 1 unspecified atom stereocenters. The van der Waals surface area contributed by atoms with Crippen molar-refractivity contribution in [2.75, 3.05) is 32.8 Å². The maximum atomic E-state index is 5.76. The van der Waals surface area contributed by atoms with E-state index in [0.717, 1.165) is 43.4 Å². The van der Waals surface area contributed by atoms with Crippen molar-refractivity contribution >= 4 is 0 Å². The molecule has 3 heterocycles. The van der Waals surface area contributed by atoms with E-state index >= 15 is 0 Å². The van der Waals surface area contributed by atoms with Crippen molar-refractivity contribution in [1.29, 1.82) is 0 Å². The second kappa shape index (κ2) is 8.56. The third kappa shape index (κ3) is 4.47. The molecule has 2 aliphatic rings. The highest BCUT2D eigenvalue weighted by Crippen LogP contribution is 2.36. The molecule has 1 fully saturated rings. The van der Waals surface area contributed by atoms with Crippen LogP contribution < -0.4 is 9.47 Å². The van der Waals surface area contributed by atoms with Gasteiger partial charge < -0.3 is 9.47 Å². The van der Waals surface area contributed by atoms with Gasteiger partial charge in [-0.25, -0.2) is 0 Å². The van der Waals surface area contributed by atoms with Crippen molar-refractivity contribution in [2.45, 2.75) is 58.7 Å². The monoisotopic (exact) mass is 409 g/mol. The highest BCUT2D eigenvalue weighted by Gasteiger charge is 2.36. The minimum atomic E-state index is 0.121. The minimum Gasteiger partial charge on any atom is -0.486 e. The van der Waals surface area contributed by atoms with Gasteiger partial charge in [0, 0.05) is 43.8 Å². The maximum absolute atomic E-state index is 5.76. The largest absolute Gasteiger partial charge is 0.486 e. The first kappa shape index (κ1) is 21.1. The number of pyridine rings is 1. The van der Waals surface area contributed by atoms with Crippen LogP contribution in [0.15, 0.2) is 36.5 Å². The van der Waals surface area contributed by atoms with Crippen LogP contribution >= 0.6 is 0 Å². The van der Waals surface area contributed by atoms with E-state index in [2.05, 4.69) is 73.7 Å². The normalized spacial score (nSPS) is 20.5. The van der Waals surface area contributed by atoms with Gasteiger partial charge in [0.25, 0.3) is 0 Å². The molecular weight excluding hydrogens is 374 g/mol. The summed E-state index contributed by atoms with van der Waals surface area (Å²) < 4.78 is 11.4. The molecule has 30 heavy (non-hydrogen) atoms. The first-order chi connectivity index (χ1) is 14.3. The second-order valence-electron chi connectivity index (χ2n) is 9.72. The van der Waals surface area contributed by atoms with Gasteiger partial charge in [-0.3, -0.25) is 14.8 Å². The molecule has 0 radical (unpaired) electrons. The Morgan fingerprint density at radius 2 is 1.80 bits per heavy atom. The number of aromatic nitrogens is 1. The fourth-order valence-electron chi connectivity index (χ4n) is 4.70. The quantitative estimate of drug-likeness (QED) is 0.736. The lowest BCUT2D eigenvalue weighted by atomic mass is 9.88. The van der Waals surface area contributed by atoms with Gasteiger partial charge in [-0.05, 0) is 37.8 Å². The van der Waals surface area contributed by atoms with E-state index < -0.39 is 0 Å². The molecule has 0 aliphatic carbocycles. The van der Waals surface area contributed by atoms with Gasteiger partial charge in [-0.1, -0.05) is 38.1 Å².